The summed E-state index contributed by atoms with van der Waals surface area (Å²) in [7, 11) is 0. The van der Waals surface area contributed by atoms with Crippen molar-refractivity contribution in [1.29, 1.82) is 0 Å². The third kappa shape index (κ3) is 27.0. The Kier molecular flexibility index (Phi) is 32.2. The highest BCUT2D eigenvalue weighted by molar-refractivity contribution is 6.33. The van der Waals surface area contributed by atoms with Crippen LogP contribution in [-0.2, 0) is 91.1 Å². The molecule has 0 aromatic heterocycles. The Morgan fingerprint density at radius 1 is 0.146 bits per heavy atom. The Morgan fingerprint density at radius 2 is 0.308 bits per heavy atom. The van der Waals surface area contributed by atoms with Crippen LogP contribution < -0.4 is 114 Å². The number of hydrogen-bond donors (Lipinski definition) is 0. The fraction of sp³-hybridized carbons (Fsp3) is 0.221. The average Bonchev–Trinajstić information content (AvgIpc) is 0.741. The number of halogens is 1. The van der Waals surface area contributed by atoms with Gasteiger partial charge in [-0.05, 0) is 0 Å². The number of carbonyl (C=O) groups excluding carboxylic acids is 19. The molecule has 43 nitrogen and oxygen atoms in total. The van der Waals surface area contributed by atoms with Gasteiger partial charge in [0.05, 0.1) is 22.3 Å². The number of benzene rings is 8. The second-order valence-corrected chi connectivity index (χ2v) is 26.5. The lowest BCUT2D eigenvalue weighted by Gasteiger charge is -2.26. The highest BCUT2D eigenvalue weighted by Gasteiger charge is 2.40. The molecule has 0 aliphatic carbocycles. The molecule has 0 atom stereocenters. The van der Waals surface area contributed by atoms with Gasteiger partial charge in [0.15, 0.2) is 69.0 Å². The van der Waals surface area contributed by atoms with E-state index in [0.717, 1.165) is 204 Å². The average molecular weight is 1830 g/mol. The number of rotatable bonds is 31. The molecule has 0 N–H and O–H groups in total. The van der Waals surface area contributed by atoms with Gasteiger partial charge in [-0.2, -0.15) is 0 Å². The first-order valence-electron chi connectivity index (χ1n) is 36.9. The summed E-state index contributed by atoms with van der Waals surface area (Å²) >= 11 is 6.72. The van der Waals surface area contributed by atoms with Gasteiger partial charge in [-0.15, -0.1) is 0 Å². The maximum absolute atomic E-state index is 14.4. The molecule has 8 aromatic carbocycles. The van der Waals surface area contributed by atoms with E-state index in [1.54, 1.807) is 0 Å². The predicted octanol–water partition coefficient (Wildman–Crippen LogP) is 13.2. The van der Waals surface area contributed by atoms with Gasteiger partial charge in [0.25, 0.3) is 0 Å². The van der Waals surface area contributed by atoms with E-state index in [2.05, 4.69) is 0 Å². The fourth-order valence-corrected chi connectivity index (χ4v) is 11.5. The van der Waals surface area contributed by atoms with Crippen molar-refractivity contribution in [3.8, 4) is 189 Å². The monoisotopic (exact) mass is 1830 g/mol. The van der Waals surface area contributed by atoms with Gasteiger partial charge in [0, 0.05) is 216 Å². The Bertz CT molecular complexity index is 5970. The van der Waals surface area contributed by atoms with Crippen LogP contribution in [0.3, 0.4) is 0 Å². The lowest BCUT2D eigenvalue weighted by molar-refractivity contribution is -0.133. The van der Waals surface area contributed by atoms with E-state index in [-0.39, 0.29) is 0 Å². The zero-order chi connectivity index (χ0) is 96.5. The molecule has 0 aliphatic heterocycles. The molecule has 0 unspecified atom stereocenters. The summed E-state index contributed by atoms with van der Waals surface area (Å²) in [4.78, 5) is 254. The number of ether oxygens (including phenoxy) is 24. The molecule has 8 rings (SSSR count). The van der Waals surface area contributed by atoms with Crippen molar-refractivity contribution in [2.75, 3.05) is 0 Å². The molecule has 0 aliphatic rings. The molecule has 0 amide bonds. The van der Waals surface area contributed by atoms with Gasteiger partial charge in [-0.1, -0.05) is 11.6 Å². The quantitative estimate of drug-likeness (QED) is 0.0288. The fourth-order valence-electron chi connectivity index (χ4n) is 11.3. The lowest BCUT2D eigenvalue weighted by atomic mass is 9.99. The van der Waals surface area contributed by atoms with Gasteiger partial charge < -0.3 is 114 Å². The first-order valence-corrected chi connectivity index (χ1v) is 37.3. The van der Waals surface area contributed by atoms with Crippen molar-refractivity contribution in [3.05, 3.63) is 90.0 Å². The molecule has 0 spiro atoms. The van der Waals surface area contributed by atoms with Gasteiger partial charge >= 0.3 is 113 Å². The smallest absolute Gasteiger partial charge is 0.308 e. The zero-order valence-electron chi connectivity index (χ0n) is 71.5. The number of hydrogen-bond acceptors (Lipinski definition) is 43. The zero-order valence-corrected chi connectivity index (χ0v) is 72.3. The van der Waals surface area contributed by atoms with Crippen molar-refractivity contribution in [2.24, 2.45) is 0 Å². The van der Waals surface area contributed by atoms with Crippen LogP contribution in [-0.4, -0.2) is 113 Å². The van der Waals surface area contributed by atoms with Crippen molar-refractivity contribution in [3.63, 3.8) is 0 Å². The standard InChI is InChI=1S/C86H71ClO43/c1-34(88)107-53-20-59(112-39(6)93)75(60(21-53)113-40(7)94)78-64(128-82-69(120-47(14)101)28-56(110-37(4)91)29-70(82)121-48(15)102)33-74(123-50(17)104)84(86(78)125-52(19)106)130-72-31-57(111-38(5)92)30-71(80(72)126-58-24-65(116-43(10)97)79(87)66(25-58)117-44(11)98)129-83-73(122-49(16)103)32-63(115-42(9)96)77(85(83)124-51(18)105)76-61(114-41(8)95)22-54(108-35(2)89)23-62(76)127-81-67(118-45(12)99)26-55(109-36(3)90)27-68(81)119-46(13)100/h20-33H,1-19H3. The molecule has 0 fully saturated rings. The van der Waals surface area contributed by atoms with Crippen LogP contribution in [0.2, 0.25) is 5.02 Å². The number of esters is 19. The second kappa shape index (κ2) is 42.6. The summed E-state index contributed by atoms with van der Waals surface area (Å²) in [5, 5.41) is -0.621. The maximum atomic E-state index is 14.4. The van der Waals surface area contributed by atoms with Crippen LogP contribution in [0.15, 0.2) is 84.9 Å². The van der Waals surface area contributed by atoms with Gasteiger partial charge in [0.1, 0.15) is 74.0 Å². The lowest BCUT2D eigenvalue weighted by Crippen LogP contribution is -2.13. The van der Waals surface area contributed by atoms with Crippen LogP contribution in [0.1, 0.15) is 132 Å². The third-order valence-corrected chi connectivity index (χ3v) is 15.2. The molecule has 680 valence electrons. The first-order chi connectivity index (χ1) is 60.9. The first kappa shape index (κ1) is 98.4. The van der Waals surface area contributed by atoms with Crippen LogP contribution in [0.25, 0.3) is 22.3 Å². The summed E-state index contributed by atoms with van der Waals surface area (Å²) in [6.45, 7) is 16.2. The minimum absolute atomic E-state index is 0.479. The van der Waals surface area contributed by atoms with E-state index in [0.29, 0.717) is 12.1 Å². The second-order valence-electron chi connectivity index (χ2n) is 26.2. The van der Waals surface area contributed by atoms with Gasteiger partial charge in [-0.25, -0.2) is 0 Å². The normalized spacial score (nSPS) is 10.4. The molecule has 0 radical (unpaired) electrons. The van der Waals surface area contributed by atoms with Crippen LogP contribution in [0.5, 0.6) is 167 Å². The van der Waals surface area contributed by atoms with Gasteiger partial charge in [0.2, 0.25) is 28.7 Å². The molecule has 0 saturated carbocycles. The van der Waals surface area contributed by atoms with Crippen molar-refractivity contribution >= 4 is 125 Å². The molecular weight excluding hydrogens is 1760 g/mol. The Labute approximate surface area is 737 Å². The van der Waals surface area contributed by atoms with E-state index < -0.39 is 307 Å². The van der Waals surface area contributed by atoms with E-state index in [4.69, 9.17) is 125 Å². The van der Waals surface area contributed by atoms with Crippen LogP contribution in [0.4, 0.5) is 0 Å². The van der Waals surface area contributed by atoms with E-state index in [1.165, 1.54) is 0 Å². The summed E-state index contributed by atoms with van der Waals surface area (Å²) in [5.74, 6) is -48.7. The van der Waals surface area contributed by atoms with Crippen molar-refractivity contribution < 1.29 is 205 Å². The summed E-state index contributed by atoms with van der Waals surface area (Å²) in [5.41, 5.74) is -3.65. The van der Waals surface area contributed by atoms with E-state index in [9.17, 15) is 91.1 Å². The summed E-state index contributed by atoms with van der Waals surface area (Å²) < 4.78 is 140. The third-order valence-electron chi connectivity index (χ3n) is 14.8. The van der Waals surface area contributed by atoms with Crippen molar-refractivity contribution in [1.82, 2.24) is 0 Å². The number of carbonyl (C=O) groups is 19. The molecule has 8 aromatic rings. The van der Waals surface area contributed by atoms with E-state index in [1.807, 2.05) is 0 Å². The van der Waals surface area contributed by atoms with E-state index >= 15 is 0 Å². The maximum Gasteiger partial charge on any atom is 0.308 e. The predicted molar refractivity (Wildman–Crippen MR) is 430 cm³/mol. The molecule has 44 heteroatoms. The molecular formula is C86H71ClO43. The van der Waals surface area contributed by atoms with Crippen molar-refractivity contribution in [2.45, 2.75) is 132 Å². The summed E-state index contributed by atoms with van der Waals surface area (Å²) in [6.07, 6.45) is 0. The van der Waals surface area contributed by atoms with Crippen LogP contribution >= 0.6 is 11.6 Å². The highest BCUT2D eigenvalue weighted by Crippen LogP contribution is 2.63. The Balaban J connectivity index is 1.71. The largest absolute Gasteiger partial charge is 0.449 e. The SMILES string of the molecule is CC(=O)Oc1cc(Oc2c(OC(C)=O)cc(OC(C)=O)c(-c3c(OC(C)=O)cc(OC(C)=O)cc3Oc3c(OC(C)=O)cc(OC(C)=O)cc3OC(C)=O)c2OC(C)=O)c(Oc2cc(OC(C)=O)c(Cl)c(OC(C)=O)c2)c(Oc2c(OC(C)=O)cc(Oc3c(OC(C)=O)cc(OC(C)=O)cc3OC(C)=O)c(-c3c(OC(C)=O)cc(OC(C)=O)cc3OC(C)=O)c2OC(C)=O)c1. The molecule has 0 heterocycles. The minimum Gasteiger partial charge on any atom is -0.449 e. The summed E-state index contributed by atoms with van der Waals surface area (Å²) in [6, 6.07) is 11.2. The van der Waals surface area contributed by atoms with Gasteiger partial charge in [-0.3, -0.25) is 91.1 Å². The van der Waals surface area contributed by atoms with Crippen LogP contribution in [0, 0.1) is 0 Å². The Hall–Kier alpha value is -17.0. The highest BCUT2D eigenvalue weighted by atomic mass is 35.5. The minimum atomic E-state index is -1.45. The molecule has 0 bridgehead atoms. The Morgan fingerprint density at radius 3 is 0.569 bits per heavy atom. The topological polar surface area (TPSA) is 546 Å². The molecule has 0 saturated heterocycles. The molecule has 130 heavy (non-hydrogen) atoms.